The molecule has 1 aromatic rings. The Morgan fingerprint density at radius 3 is 2.56 bits per heavy atom. The zero-order chi connectivity index (χ0) is 13.5. The second-order valence-corrected chi connectivity index (χ2v) is 6.40. The van der Waals surface area contributed by atoms with Gasteiger partial charge in [-0.2, -0.15) is 0 Å². The van der Waals surface area contributed by atoms with E-state index in [4.69, 9.17) is 0 Å². The summed E-state index contributed by atoms with van der Waals surface area (Å²) in [6.45, 7) is 4.02. The topological polar surface area (TPSA) is 17.1 Å². The normalized spacial score (nSPS) is 22.2. The molecule has 0 spiro atoms. The minimum atomic E-state index is -0.657. The molecule has 1 nitrogen and oxygen atoms in total. The van der Waals surface area contributed by atoms with Gasteiger partial charge in [0, 0.05) is 5.92 Å². The molecular weight excluding hydrogens is 302 g/mol. The zero-order valence-corrected chi connectivity index (χ0v) is 12.0. The molecule has 0 aliphatic heterocycles. The summed E-state index contributed by atoms with van der Waals surface area (Å²) in [7, 11) is 0. The molecule has 0 heterocycles. The van der Waals surface area contributed by atoms with Crippen molar-refractivity contribution < 1.29 is 13.6 Å². The van der Waals surface area contributed by atoms with E-state index >= 15 is 0 Å². The molecule has 1 fully saturated rings. The van der Waals surface area contributed by atoms with E-state index in [1.807, 2.05) is 13.8 Å². The van der Waals surface area contributed by atoms with E-state index in [1.165, 1.54) is 0 Å². The fourth-order valence-electron chi connectivity index (χ4n) is 2.71. The Bertz CT molecular complexity index is 497. The van der Waals surface area contributed by atoms with Gasteiger partial charge in [0.2, 0.25) is 0 Å². The lowest BCUT2D eigenvalue weighted by Gasteiger charge is -2.25. The highest BCUT2D eigenvalue weighted by Crippen LogP contribution is 2.44. The number of carbonyl (C=O) groups excluding carboxylic acids is 1. The van der Waals surface area contributed by atoms with Crippen LogP contribution in [0.2, 0.25) is 0 Å². The molecule has 4 heteroatoms. The largest absolute Gasteiger partial charge is 0.294 e. The molecule has 0 amide bonds. The van der Waals surface area contributed by atoms with E-state index in [9.17, 15) is 13.6 Å². The number of hydrogen-bond acceptors (Lipinski definition) is 1. The van der Waals surface area contributed by atoms with E-state index < -0.39 is 11.6 Å². The summed E-state index contributed by atoms with van der Waals surface area (Å²) in [5, 5.41) is 0. The molecular formula is C14H15BrF2O. The third kappa shape index (κ3) is 2.35. The Morgan fingerprint density at radius 2 is 2.00 bits per heavy atom. The average Bonchev–Trinajstić information content (AvgIpc) is 2.62. The summed E-state index contributed by atoms with van der Waals surface area (Å²) in [5.74, 6) is -1.75. The lowest BCUT2D eigenvalue weighted by molar-refractivity contribution is 0.0834. The Labute approximate surface area is 114 Å². The average molecular weight is 317 g/mol. The fraction of sp³-hybridized carbons (Fsp3) is 0.500. The number of rotatable bonds is 2. The van der Waals surface area contributed by atoms with Gasteiger partial charge < -0.3 is 0 Å². The van der Waals surface area contributed by atoms with Crippen LogP contribution in [-0.2, 0) is 0 Å². The number of Topliss-reactive ketones (excluding diaryl/α,β-unsaturated/α-hetero) is 1. The van der Waals surface area contributed by atoms with E-state index in [0.29, 0.717) is 0 Å². The number of carbonyl (C=O) groups is 1. The highest BCUT2D eigenvalue weighted by Gasteiger charge is 2.40. The maximum atomic E-state index is 13.8. The van der Waals surface area contributed by atoms with Gasteiger partial charge in [-0.25, -0.2) is 8.78 Å². The quantitative estimate of drug-likeness (QED) is 0.569. The summed E-state index contributed by atoms with van der Waals surface area (Å²) in [4.78, 5) is 12.3. The van der Waals surface area contributed by atoms with Crippen LogP contribution in [0.1, 0.15) is 43.5 Å². The second kappa shape index (κ2) is 4.72. The van der Waals surface area contributed by atoms with Crippen molar-refractivity contribution in [3.63, 3.8) is 0 Å². The minimum absolute atomic E-state index is 0.0437. The van der Waals surface area contributed by atoms with Crippen molar-refractivity contribution in [2.45, 2.75) is 33.1 Å². The van der Waals surface area contributed by atoms with Crippen LogP contribution in [0, 0.1) is 23.0 Å². The Morgan fingerprint density at radius 1 is 1.33 bits per heavy atom. The number of hydrogen-bond donors (Lipinski definition) is 0. The van der Waals surface area contributed by atoms with Crippen LogP contribution in [0.5, 0.6) is 0 Å². The molecule has 1 aliphatic rings. The summed E-state index contributed by atoms with van der Waals surface area (Å²) < 4.78 is 27.2. The lowest BCUT2D eigenvalue weighted by atomic mass is 9.77. The summed E-state index contributed by atoms with van der Waals surface area (Å²) >= 11 is 2.91. The van der Waals surface area contributed by atoms with Gasteiger partial charge in [0.25, 0.3) is 0 Å². The highest BCUT2D eigenvalue weighted by atomic mass is 79.9. The third-order valence-corrected chi connectivity index (χ3v) is 4.46. The number of ketones is 1. The zero-order valence-electron chi connectivity index (χ0n) is 10.4. The predicted molar refractivity (Wildman–Crippen MR) is 69.5 cm³/mol. The second-order valence-electron chi connectivity index (χ2n) is 5.54. The van der Waals surface area contributed by atoms with Gasteiger partial charge in [-0.05, 0) is 46.3 Å². The predicted octanol–water partition coefficient (Wildman–Crippen LogP) is 4.74. The van der Waals surface area contributed by atoms with Crippen LogP contribution in [0.4, 0.5) is 8.78 Å². The molecule has 0 saturated heterocycles. The summed E-state index contributed by atoms with van der Waals surface area (Å²) in [6.07, 6.45) is 2.66. The van der Waals surface area contributed by atoms with Crippen molar-refractivity contribution >= 4 is 21.7 Å². The number of halogens is 3. The first kappa shape index (κ1) is 13.7. The molecule has 1 saturated carbocycles. The van der Waals surface area contributed by atoms with Crippen molar-refractivity contribution in [1.29, 1.82) is 0 Å². The molecule has 1 aromatic carbocycles. The fourth-order valence-corrected chi connectivity index (χ4v) is 3.03. The maximum Gasteiger partial charge on any atom is 0.169 e. The van der Waals surface area contributed by atoms with Crippen LogP contribution in [-0.4, -0.2) is 5.78 Å². The van der Waals surface area contributed by atoms with Crippen LogP contribution in [0.15, 0.2) is 16.6 Å². The molecule has 18 heavy (non-hydrogen) atoms. The van der Waals surface area contributed by atoms with Crippen molar-refractivity contribution in [2.75, 3.05) is 0 Å². The third-order valence-electron chi connectivity index (χ3n) is 3.85. The van der Waals surface area contributed by atoms with Crippen molar-refractivity contribution in [3.05, 3.63) is 33.8 Å². The van der Waals surface area contributed by atoms with Gasteiger partial charge in [-0.15, -0.1) is 0 Å². The lowest BCUT2D eigenvalue weighted by Crippen LogP contribution is -2.26. The van der Waals surface area contributed by atoms with Crippen molar-refractivity contribution in [2.24, 2.45) is 11.3 Å². The molecule has 0 radical (unpaired) electrons. The smallest absolute Gasteiger partial charge is 0.169 e. The number of benzene rings is 1. The summed E-state index contributed by atoms with van der Waals surface area (Å²) in [5.41, 5.74) is -0.261. The first-order valence-electron chi connectivity index (χ1n) is 6.01. The van der Waals surface area contributed by atoms with Crippen LogP contribution in [0.3, 0.4) is 0 Å². The first-order chi connectivity index (χ1) is 8.33. The van der Waals surface area contributed by atoms with E-state index in [-0.39, 0.29) is 27.2 Å². The Kier molecular flexibility index (Phi) is 3.58. The molecule has 0 bridgehead atoms. The Balaban J connectivity index is 2.38. The van der Waals surface area contributed by atoms with Crippen LogP contribution < -0.4 is 0 Å². The van der Waals surface area contributed by atoms with Gasteiger partial charge in [0.05, 0.1) is 10.0 Å². The molecule has 0 aromatic heterocycles. The maximum absolute atomic E-state index is 13.8. The summed E-state index contributed by atoms with van der Waals surface area (Å²) in [6, 6.07) is 2.01. The van der Waals surface area contributed by atoms with E-state index in [0.717, 1.165) is 31.4 Å². The van der Waals surface area contributed by atoms with Gasteiger partial charge in [0.15, 0.2) is 5.78 Å². The molecule has 1 atom stereocenters. The van der Waals surface area contributed by atoms with Gasteiger partial charge in [-0.1, -0.05) is 20.3 Å². The standard InChI is InChI=1S/C14H15BrF2O/c1-14(2)5-3-4-9(14)13(18)8-6-12(17)10(15)7-11(8)16/h6-7,9H,3-5H2,1-2H3. The van der Waals surface area contributed by atoms with Gasteiger partial charge in [0.1, 0.15) is 11.6 Å². The SMILES string of the molecule is CC1(C)CCCC1C(=O)c1cc(F)c(Br)cc1F. The molecule has 2 rings (SSSR count). The molecule has 0 N–H and O–H groups in total. The Hall–Kier alpha value is -0.770. The van der Waals surface area contributed by atoms with E-state index in [1.54, 1.807) is 0 Å². The van der Waals surface area contributed by atoms with Crippen molar-refractivity contribution in [1.82, 2.24) is 0 Å². The molecule has 1 aliphatic carbocycles. The van der Waals surface area contributed by atoms with E-state index in [2.05, 4.69) is 15.9 Å². The van der Waals surface area contributed by atoms with Gasteiger partial charge in [-0.3, -0.25) is 4.79 Å². The molecule has 98 valence electrons. The van der Waals surface area contributed by atoms with Crippen LogP contribution in [0.25, 0.3) is 0 Å². The highest BCUT2D eigenvalue weighted by molar-refractivity contribution is 9.10. The monoisotopic (exact) mass is 316 g/mol. The van der Waals surface area contributed by atoms with Crippen molar-refractivity contribution in [3.8, 4) is 0 Å². The minimum Gasteiger partial charge on any atom is -0.294 e. The van der Waals surface area contributed by atoms with Gasteiger partial charge >= 0.3 is 0 Å². The molecule has 1 unspecified atom stereocenters. The van der Waals surface area contributed by atoms with Crippen LogP contribution >= 0.6 is 15.9 Å². The first-order valence-corrected chi connectivity index (χ1v) is 6.81.